The monoisotopic (exact) mass is 158 g/mol. The second kappa shape index (κ2) is 2.20. The van der Waals surface area contributed by atoms with E-state index in [1.807, 2.05) is 0 Å². The van der Waals surface area contributed by atoms with Gasteiger partial charge in [0, 0.05) is 6.54 Å². The summed E-state index contributed by atoms with van der Waals surface area (Å²) in [6, 6.07) is 0. The van der Waals surface area contributed by atoms with E-state index in [-0.39, 0.29) is 12.4 Å². The van der Waals surface area contributed by atoms with E-state index < -0.39 is 0 Å². The molecule has 1 aromatic rings. The Kier molecular flexibility index (Phi) is 1.32. The summed E-state index contributed by atoms with van der Waals surface area (Å²) in [4.78, 5) is 0. The van der Waals surface area contributed by atoms with Gasteiger partial charge in [-0.2, -0.15) is 0 Å². The van der Waals surface area contributed by atoms with E-state index in [1.165, 1.54) is 0 Å². The summed E-state index contributed by atoms with van der Waals surface area (Å²) in [7, 11) is 0. The lowest BCUT2D eigenvalue weighted by atomic mass is 10.1. The fraction of sp³-hybridized carbons (Fsp3) is 0.500. The molecule has 1 N–H and O–H groups in total. The first-order chi connectivity index (χ1) is 5.27. The van der Waals surface area contributed by atoms with Gasteiger partial charge >= 0.3 is 0 Å². The maximum absolute atomic E-state index is 12.5. The van der Waals surface area contributed by atoms with Crippen LogP contribution in [0.5, 0.6) is 5.88 Å². The average Bonchev–Trinajstić information content (AvgIpc) is 2.32. The van der Waals surface area contributed by atoms with Crippen molar-refractivity contribution in [1.29, 1.82) is 0 Å². The van der Waals surface area contributed by atoms with Crippen molar-refractivity contribution in [3.05, 3.63) is 11.3 Å². The molecule has 0 aromatic carbocycles. The van der Waals surface area contributed by atoms with Crippen LogP contribution >= 0.6 is 0 Å². The number of fused-ring (bicyclic) bond motifs is 1. The van der Waals surface area contributed by atoms with Gasteiger partial charge in [-0.1, -0.05) is 0 Å². The number of hydrogen-bond acceptors (Lipinski definition) is 4. The Hall–Kier alpha value is -1.10. The Labute approximate surface area is 62.1 Å². The molecule has 0 aliphatic carbocycles. The zero-order valence-electron chi connectivity index (χ0n) is 5.75. The fourth-order valence-corrected chi connectivity index (χ4v) is 1.18. The van der Waals surface area contributed by atoms with Crippen molar-refractivity contribution in [2.45, 2.75) is 13.0 Å². The number of rotatable bonds is 0. The van der Waals surface area contributed by atoms with Crippen molar-refractivity contribution in [2.75, 3.05) is 6.54 Å². The van der Waals surface area contributed by atoms with Crippen LogP contribution in [0, 0.1) is 0 Å². The van der Waals surface area contributed by atoms with E-state index in [0.717, 1.165) is 0 Å². The summed E-state index contributed by atoms with van der Waals surface area (Å²) in [6.45, 7) is 0.380. The van der Waals surface area contributed by atoms with Crippen molar-refractivity contribution in [2.24, 2.45) is 0 Å². The molecule has 0 atom stereocenters. The smallest absolute Gasteiger partial charge is 0.255 e. The standard InChI is InChI=1S/C6H7FN2O2/c7-9-2-1-4-5(3-9)11-8-6(4)10/h1-3H2,(H,8,10). The molecule has 0 saturated heterocycles. The van der Waals surface area contributed by atoms with Crippen LogP contribution in [0.1, 0.15) is 11.3 Å². The molecule has 4 nitrogen and oxygen atoms in total. The maximum Gasteiger partial charge on any atom is 0.255 e. The molecule has 1 aliphatic rings. The van der Waals surface area contributed by atoms with Gasteiger partial charge in [0.05, 0.1) is 12.1 Å². The van der Waals surface area contributed by atoms with Crippen molar-refractivity contribution < 1.29 is 14.1 Å². The van der Waals surface area contributed by atoms with E-state index >= 15 is 0 Å². The zero-order chi connectivity index (χ0) is 7.84. The van der Waals surface area contributed by atoms with Crippen LogP contribution in [0.3, 0.4) is 0 Å². The largest absolute Gasteiger partial charge is 0.491 e. The number of aromatic hydroxyl groups is 1. The van der Waals surface area contributed by atoms with Gasteiger partial charge in [-0.25, -0.2) is 0 Å². The number of nitrogens with zero attached hydrogens (tertiary/aromatic N) is 2. The van der Waals surface area contributed by atoms with Gasteiger partial charge in [-0.3, -0.25) is 0 Å². The Morgan fingerprint density at radius 1 is 1.64 bits per heavy atom. The topological polar surface area (TPSA) is 49.5 Å². The van der Waals surface area contributed by atoms with Crippen LogP contribution in [0.4, 0.5) is 4.48 Å². The molecule has 0 radical (unpaired) electrons. The predicted molar refractivity (Wildman–Crippen MR) is 33.4 cm³/mol. The average molecular weight is 158 g/mol. The van der Waals surface area contributed by atoms with Crippen molar-refractivity contribution >= 4 is 0 Å². The van der Waals surface area contributed by atoms with E-state index in [1.54, 1.807) is 0 Å². The Bertz CT molecular complexity index is 274. The van der Waals surface area contributed by atoms with E-state index in [4.69, 9.17) is 5.11 Å². The van der Waals surface area contributed by atoms with Gasteiger partial charge in [0.2, 0.25) is 0 Å². The molecular formula is C6H7FN2O2. The second-order valence-corrected chi connectivity index (χ2v) is 2.50. The summed E-state index contributed by atoms with van der Waals surface area (Å²) >= 11 is 0. The van der Waals surface area contributed by atoms with Gasteiger partial charge in [-0.15, -0.1) is 9.60 Å². The highest BCUT2D eigenvalue weighted by Crippen LogP contribution is 2.25. The lowest BCUT2D eigenvalue weighted by Crippen LogP contribution is -2.21. The lowest BCUT2D eigenvalue weighted by molar-refractivity contribution is 0.00116. The van der Waals surface area contributed by atoms with E-state index in [2.05, 4.69) is 9.68 Å². The molecule has 2 heterocycles. The van der Waals surface area contributed by atoms with Crippen molar-refractivity contribution in [1.82, 2.24) is 10.3 Å². The molecule has 60 valence electrons. The summed E-state index contributed by atoms with van der Waals surface area (Å²) < 4.78 is 17.2. The van der Waals surface area contributed by atoms with Gasteiger partial charge in [-0.05, 0) is 11.6 Å². The highest BCUT2D eigenvalue weighted by molar-refractivity contribution is 5.28. The number of aromatic nitrogens is 1. The second-order valence-electron chi connectivity index (χ2n) is 2.50. The molecule has 0 bridgehead atoms. The van der Waals surface area contributed by atoms with Crippen LogP contribution < -0.4 is 0 Å². The Morgan fingerprint density at radius 2 is 2.45 bits per heavy atom. The molecule has 1 aromatic heterocycles. The summed E-state index contributed by atoms with van der Waals surface area (Å²) in [6.07, 6.45) is 0.459. The van der Waals surface area contributed by atoms with E-state index in [9.17, 15) is 4.48 Å². The molecule has 0 amide bonds. The molecule has 0 unspecified atom stereocenters. The summed E-state index contributed by atoms with van der Waals surface area (Å²) in [5, 5.41) is 13.0. The molecule has 0 fully saturated rings. The third kappa shape index (κ3) is 0.970. The minimum absolute atomic E-state index is 0.0862. The van der Waals surface area contributed by atoms with Gasteiger partial charge in [0.15, 0.2) is 5.76 Å². The Balaban J connectivity index is 2.36. The minimum Gasteiger partial charge on any atom is -0.491 e. The molecule has 2 rings (SSSR count). The highest BCUT2D eigenvalue weighted by atomic mass is 19.2. The van der Waals surface area contributed by atoms with Crippen LogP contribution in [0.15, 0.2) is 4.52 Å². The Morgan fingerprint density at radius 3 is 3.27 bits per heavy atom. The highest BCUT2D eigenvalue weighted by Gasteiger charge is 2.23. The minimum atomic E-state index is -0.104. The quantitative estimate of drug-likeness (QED) is 0.562. The molecule has 5 heteroatoms. The molecule has 0 saturated carbocycles. The lowest BCUT2D eigenvalue weighted by Gasteiger charge is -2.14. The van der Waals surface area contributed by atoms with Crippen LogP contribution in [-0.4, -0.2) is 21.9 Å². The summed E-state index contributed by atoms with van der Waals surface area (Å²) in [5.41, 5.74) is 0.638. The maximum atomic E-state index is 12.5. The first-order valence-electron chi connectivity index (χ1n) is 3.34. The van der Waals surface area contributed by atoms with Crippen LogP contribution in [0.2, 0.25) is 0 Å². The molecule has 1 aliphatic heterocycles. The fourth-order valence-electron chi connectivity index (χ4n) is 1.18. The SMILES string of the molecule is Oc1noc2c1CCN(F)C2. The third-order valence-electron chi connectivity index (χ3n) is 1.77. The number of hydrogen-bond donors (Lipinski definition) is 1. The van der Waals surface area contributed by atoms with Gasteiger partial charge in [0.1, 0.15) is 0 Å². The molecule has 0 spiro atoms. The van der Waals surface area contributed by atoms with Crippen LogP contribution in [-0.2, 0) is 13.0 Å². The molecule has 11 heavy (non-hydrogen) atoms. The molecular weight excluding hydrogens is 151 g/mol. The first-order valence-corrected chi connectivity index (χ1v) is 3.34. The van der Waals surface area contributed by atoms with E-state index in [0.29, 0.717) is 29.4 Å². The zero-order valence-corrected chi connectivity index (χ0v) is 5.75. The predicted octanol–water partition coefficient (Wildman–Crippen LogP) is 0.623. The van der Waals surface area contributed by atoms with Gasteiger partial charge in [0.25, 0.3) is 5.88 Å². The van der Waals surface area contributed by atoms with Crippen molar-refractivity contribution in [3.8, 4) is 5.88 Å². The van der Waals surface area contributed by atoms with Gasteiger partial charge < -0.3 is 9.63 Å². The first kappa shape index (κ1) is 6.60. The van der Waals surface area contributed by atoms with Crippen LogP contribution in [0.25, 0.3) is 0 Å². The number of halogens is 1. The van der Waals surface area contributed by atoms with Crippen molar-refractivity contribution in [3.63, 3.8) is 0 Å². The third-order valence-corrected chi connectivity index (χ3v) is 1.77. The normalized spacial score (nSPS) is 18.3. The summed E-state index contributed by atoms with van der Waals surface area (Å²) in [5.74, 6) is 0.323.